The molecule has 0 aromatic carbocycles. The summed E-state index contributed by atoms with van der Waals surface area (Å²) in [5.74, 6) is 0.105. The SMILES string of the molecule is CN(Cc1nccs1)C(=O)C[C@@H]1CNCCO1. The number of hydrogen-bond acceptors (Lipinski definition) is 5. The number of aromatic nitrogens is 1. The molecule has 0 aliphatic carbocycles. The summed E-state index contributed by atoms with van der Waals surface area (Å²) in [7, 11) is 1.81. The highest BCUT2D eigenvalue weighted by Crippen LogP contribution is 2.09. The molecule has 1 aliphatic rings. The van der Waals surface area contributed by atoms with Gasteiger partial charge in [-0.25, -0.2) is 4.98 Å². The lowest BCUT2D eigenvalue weighted by Gasteiger charge is -2.25. The van der Waals surface area contributed by atoms with Crippen LogP contribution in [-0.4, -0.2) is 48.6 Å². The minimum atomic E-state index is 0.00925. The summed E-state index contributed by atoms with van der Waals surface area (Å²) in [5.41, 5.74) is 0. The predicted octanol–water partition coefficient (Wildman–Crippen LogP) is 0.480. The fourth-order valence-corrected chi connectivity index (χ4v) is 2.39. The second-order valence-electron chi connectivity index (χ2n) is 4.08. The molecule has 0 unspecified atom stereocenters. The van der Waals surface area contributed by atoms with Crippen LogP contribution < -0.4 is 5.32 Å². The molecule has 1 aromatic heterocycles. The van der Waals surface area contributed by atoms with E-state index in [1.807, 2.05) is 5.38 Å². The largest absolute Gasteiger partial charge is 0.375 e. The zero-order chi connectivity index (χ0) is 12.1. The van der Waals surface area contributed by atoms with Gasteiger partial charge in [-0.05, 0) is 0 Å². The molecule has 0 bridgehead atoms. The van der Waals surface area contributed by atoms with E-state index >= 15 is 0 Å². The number of carbonyl (C=O) groups is 1. The van der Waals surface area contributed by atoms with Crippen LogP contribution in [0.5, 0.6) is 0 Å². The van der Waals surface area contributed by atoms with E-state index in [0.29, 0.717) is 19.6 Å². The number of ether oxygens (including phenoxy) is 1. The van der Waals surface area contributed by atoms with Crippen LogP contribution in [-0.2, 0) is 16.1 Å². The van der Waals surface area contributed by atoms with Gasteiger partial charge in [-0.2, -0.15) is 0 Å². The van der Waals surface area contributed by atoms with Crippen LogP contribution in [0, 0.1) is 0 Å². The maximum Gasteiger partial charge on any atom is 0.225 e. The minimum Gasteiger partial charge on any atom is -0.375 e. The zero-order valence-electron chi connectivity index (χ0n) is 9.89. The summed E-state index contributed by atoms with van der Waals surface area (Å²) >= 11 is 1.57. The Hall–Kier alpha value is -0.980. The lowest BCUT2D eigenvalue weighted by atomic mass is 10.2. The van der Waals surface area contributed by atoms with Crippen molar-refractivity contribution in [3.05, 3.63) is 16.6 Å². The van der Waals surface area contributed by atoms with Crippen molar-refractivity contribution < 1.29 is 9.53 Å². The average molecular weight is 255 g/mol. The van der Waals surface area contributed by atoms with Gasteiger partial charge in [-0.15, -0.1) is 11.3 Å². The summed E-state index contributed by atoms with van der Waals surface area (Å²) in [5, 5.41) is 6.10. The van der Waals surface area contributed by atoms with Gasteiger partial charge in [0.15, 0.2) is 0 Å². The Morgan fingerprint density at radius 1 is 1.76 bits per heavy atom. The highest BCUT2D eigenvalue weighted by Gasteiger charge is 2.19. The van der Waals surface area contributed by atoms with Gasteiger partial charge >= 0.3 is 0 Å². The van der Waals surface area contributed by atoms with Crippen LogP contribution in [0.15, 0.2) is 11.6 Å². The lowest BCUT2D eigenvalue weighted by molar-refractivity contribution is -0.133. The molecule has 17 heavy (non-hydrogen) atoms. The van der Waals surface area contributed by atoms with E-state index in [1.165, 1.54) is 0 Å². The molecule has 1 fully saturated rings. The zero-order valence-corrected chi connectivity index (χ0v) is 10.7. The standard InChI is InChI=1S/C11H17N3O2S/c1-14(8-10-13-3-5-17-10)11(15)6-9-7-12-2-4-16-9/h3,5,9,12H,2,4,6-8H2,1H3/t9-/m1/s1. The van der Waals surface area contributed by atoms with Gasteiger partial charge in [-0.3, -0.25) is 4.79 Å². The van der Waals surface area contributed by atoms with Gasteiger partial charge < -0.3 is 15.0 Å². The molecular formula is C11H17N3O2S. The summed E-state index contributed by atoms with van der Waals surface area (Å²) in [6, 6.07) is 0. The number of nitrogens with zero attached hydrogens (tertiary/aromatic N) is 2. The van der Waals surface area contributed by atoms with Gasteiger partial charge in [-0.1, -0.05) is 0 Å². The molecule has 1 amide bonds. The number of thiazole rings is 1. The Bertz CT molecular complexity index is 350. The summed E-state index contributed by atoms with van der Waals surface area (Å²) in [6.45, 7) is 2.90. The maximum absolute atomic E-state index is 11.9. The number of rotatable bonds is 4. The molecule has 1 aliphatic heterocycles. The fourth-order valence-electron chi connectivity index (χ4n) is 1.72. The first-order chi connectivity index (χ1) is 8.25. The van der Waals surface area contributed by atoms with E-state index in [9.17, 15) is 4.79 Å². The fraction of sp³-hybridized carbons (Fsp3) is 0.636. The molecule has 1 saturated heterocycles. The highest BCUT2D eigenvalue weighted by atomic mass is 32.1. The van der Waals surface area contributed by atoms with Gasteiger partial charge in [0, 0.05) is 31.7 Å². The predicted molar refractivity (Wildman–Crippen MR) is 65.8 cm³/mol. The molecule has 0 spiro atoms. The highest BCUT2D eigenvalue weighted by molar-refractivity contribution is 7.09. The van der Waals surface area contributed by atoms with Crippen molar-refractivity contribution in [3.8, 4) is 0 Å². The molecule has 1 atom stereocenters. The quantitative estimate of drug-likeness (QED) is 0.850. The molecule has 1 aromatic rings. The van der Waals surface area contributed by atoms with Gasteiger partial charge in [0.25, 0.3) is 0 Å². The van der Waals surface area contributed by atoms with Crippen LogP contribution in [0.25, 0.3) is 0 Å². The van der Waals surface area contributed by atoms with Gasteiger partial charge in [0.2, 0.25) is 5.91 Å². The third kappa shape index (κ3) is 3.76. The van der Waals surface area contributed by atoms with Gasteiger partial charge in [0.1, 0.15) is 5.01 Å². The number of amides is 1. The maximum atomic E-state index is 11.9. The Balaban J connectivity index is 1.78. The first-order valence-electron chi connectivity index (χ1n) is 5.70. The third-order valence-corrected chi connectivity index (χ3v) is 3.45. The number of hydrogen-bond donors (Lipinski definition) is 1. The van der Waals surface area contributed by atoms with Crippen molar-refractivity contribution in [3.63, 3.8) is 0 Å². The Morgan fingerprint density at radius 2 is 2.65 bits per heavy atom. The molecule has 5 nitrogen and oxygen atoms in total. The molecule has 0 radical (unpaired) electrons. The lowest BCUT2D eigenvalue weighted by Crippen LogP contribution is -2.41. The second kappa shape index (κ2) is 6.09. The van der Waals surface area contributed by atoms with E-state index in [4.69, 9.17) is 4.74 Å². The number of nitrogens with one attached hydrogen (secondary N) is 1. The first kappa shape index (κ1) is 12.5. The Kier molecular flexibility index (Phi) is 4.47. The molecule has 2 heterocycles. The monoisotopic (exact) mass is 255 g/mol. The van der Waals surface area contributed by atoms with Crippen LogP contribution in [0.3, 0.4) is 0 Å². The number of carbonyl (C=O) groups excluding carboxylic acids is 1. The van der Waals surface area contributed by atoms with Crippen LogP contribution >= 0.6 is 11.3 Å². The average Bonchev–Trinajstić information content (AvgIpc) is 2.83. The summed E-state index contributed by atoms with van der Waals surface area (Å²) in [6.07, 6.45) is 2.21. The van der Waals surface area contributed by atoms with E-state index < -0.39 is 0 Å². The second-order valence-corrected chi connectivity index (χ2v) is 5.06. The van der Waals surface area contributed by atoms with E-state index in [-0.39, 0.29) is 12.0 Å². The topological polar surface area (TPSA) is 54.5 Å². The normalized spacial score (nSPS) is 20.2. The van der Waals surface area contributed by atoms with Crippen molar-refractivity contribution >= 4 is 17.2 Å². The summed E-state index contributed by atoms with van der Waals surface area (Å²) < 4.78 is 5.51. The van der Waals surface area contributed by atoms with Crippen molar-refractivity contribution in [2.45, 2.75) is 19.1 Å². The van der Waals surface area contributed by atoms with E-state index in [0.717, 1.165) is 18.1 Å². The van der Waals surface area contributed by atoms with Crippen molar-refractivity contribution in [2.75, 3.05) is 26.7 Å². The molecule has 6 heteroatoms. The first-order valence-corrected chi connectivity index (χ1v) is 6.58. The van der Waals surface area contributed by atoms with E-state index in [2.05, 4.69) is 10.3 Å². The molecule has 94 valence electrons. The van der Waals surface area contributed by atoms with Crippen molar-refractivity contribution in [1.29, 1.82) is 0 Å². The minimum absolute atomic E-state index is 0.00925. The van der Waals surface area contributed by atoms with E-state index in [1.54, 1.807) is 29.5 Å². The van der Waals surface area contributed by atoms with Crippen LogP contribution in [0.1, 0.15) is 11.4 Å². The van der Waals surface area contributed by atoms with Gasteiger partial charge in [0.05, 0.1) is 25.7 Å². The Morgan fingerprint density at radius 3 is 3.29 bits per heavy atom. The van der Waals surface area contributed by atoms with Crippen molar-refractivity contribution in [1.82, 2.24) is 15.2 Å². The Labute approximate surface area is 105 Å². The molecule has 0 saturated carbocycles. The summed E-state index contributed by atoms with van der Waals surface area (Å²) in [4.78, 5) is 17.8. The van der Waals surface area contributed by atoms with Crippen LogP contribution in [0.4, 0.5) is 0 Å². The molecule has 2 rings (SSSR count). The smallest absolute Gasteiger partial charge is 0.225 e. The van der Waals surface area contributed by atoms with Crippen LogP contribution in [0.2, 0.25) is 0 Å². The number of morpholine rings is 1. The van der Waals surface area contributed by atoms with Crippen molar-refractivity contribution in [2.24, 2.45) is 0 Å². The molecular weight excluding hydrogens is 238 g/mol. The molecule has 1 N–H and O–H groups in total. The third-order valence-electron chi connectivity index (χ3n) is 2.69.